The highest BCUT2D eigenvalue weighted by molar-refractivity contribution is 7.98. The molecule has 80 valence electrons. The first kappa shape index (κ1) is 10.6. The third-order valence-corrected chi connectivity index (χ3v) is 3.30. The van der Waals surface area contributed by atoms with Gasteiger partial charge in [-0.3, -0.25) is 4.79 Å². The average molecular weight is 221 g/mol. The normalized spacial score (nSPS) is 15.3. The van der Waals surface area contributed by atoms with Gasteiger partial charge in [0.25, 0.3) is 0 Å². The fourth-order valence-corrected chi connectivity index (χ4v) is 2.29. The molecular weight excluding hydrogens is 206 g/mol. The standard InChI is InChI=1S/C12H15NOS/c1-15-9-8-13-11-5-3-2-4-10(11)6-7-12(13)14/h2-5H,6-9H2,1H3. The highest BCUT2D eigenvalue weighted by Gasteiger charge is 2.22. The van der Waals surface area contributed by atoms with Crippen LogP contribution in [0.2, 0.25) is 0 Å². The summed E-state index contributed by atoms with van der Waals surface area (Å²) in [5, 5.41) is 0. The minimum Gasteiger partial charge on any atom is -0.311 e. The Labute approximate surface area is 94.7 Å². The largest absolute Gasteiger partial charge is 0.311 e. The van der Waals surface area contributed by atoms with Crippen molar-refractivity contribution in [1.29, 1.82) is 0 Å². The first-order chi connectivity index (χ1) is 7.33. The van der Waals surface area contributed by atoms with Crippen molar-refractivity contribution in [2.75, 3.05) is 23.5 Å². The van der Waals surface area contributed by atoms with Crippen LogP contribution >= 0.6 is 11.8 Å². The lowest BCUT2D eigenvalue weighted by Crippen LogP contribution is -2.36. The van der Waals surface area contributed by atoms with Gasteiger partial charge in [0.05, 0.1) is 0 Å². The summed E-state index contributed by atoms with van der Waals surface area (Å²) in [6, 6.07) is 8.21. The molecule has 0 aromatic heterocycles. The molecular formula is C12H15NOS. The predicted molar refractivity (Wildman–Crippen MR) is 65.5 cm³/mol. The Balaban J connectivity index is 2.25. The van der Waals surface area contributed by atoms with Gasteiger partial charge in [0.1, 0.15) is 0 Å². The van der Waals surface area contributed by atoms with Crippen molar-refractivity contribution in [3.63, 3.8) is 0 Å². The first-order valence-corrected chi connectivity index (χ1v) is 6.59. The third kappa shape index (κ3) is 2.17. The number of fused-ring (bicyclic) bond motifs is 1. The van der Waals surface area contributed by atoms with Gasteiger partial charge in [0, 0.05) is 24.4 Å². The smallest absolute Gasteiger partial charge is 0.227 e. The number of hydrogen-bond donors (Lipinski definition) is 0. The minimum absolute atomic E-state index is 0.266. The summed E-state index contributed by atoms with van der Waals surface area (Å²) in [6.45, 7) is 0.830. The van der Waals surface area contributed by atoms with E-state index in [2.05, 4.69) is 12.3 Å². The molecule has 0 saturated heterocycles. The van der Waals surface area contributed by atoms with Crippen LogP contribution in [0, 0.1) is 0 Å². The van der Waals surface area contributed by atoms with Crippen molar-refractivity contribution in [3.05, 3.63) is 29.8 Å². The van der Waals surface area contributed by atoms with Gasteiger partial charge in [0.15, 0.2) is 0 Å². The van der Waals surface area contributed by atoms with Crippen LogP contribution in [0.1, 0.15) is 12.0 Å². The summed E-state index contributed by atoms with van der Waals surface area (Å²) in [4.78, 5) is 13.7. The fraction of sp³-hybridized carbons (Fsp3) is 0.417. The lowest BCUT2D eigenvalue weighted by molar-refractivity contribution is -0.118. The molecule has 1 aromatic rings. The number of thioether (sulfide) groups is 1. The molecule has 3 heteroatoms. The van der Waals surface area contributed by atoms with Crippen LogP contribution < -0.4 is 4.90 Å². The van der Waals surface area contributed by atoms with Gasteiger partial charge < -0.3 is 4.90 Å². The third-order valence-electron chi connectivity index (χ3n) is 2.71. The highest BCUT2D eigenvalue weighted by Crippen LogP contribution is 2.27. The van der Waals surface area contributed by atoms with Gasteiger partial charge in [-0.05, 0) is 24.3 Å². The summed E-state index contributed by atoms with van der Waals surface area (Å²) in [7, 11) is 0. The van der Waals surface area contributed by atoms with Gasteiger partial charge in [-0.1, -0.05) is 18.2 Å². The Morgan fingerprint density at radius 2 is 2.13 bits per heavy atom. The molecule has 0 N–H and O–H groups in total. The molecule has 0 spiro atoms. The van der Waals surface area contributed by atoms with E-state index in [1.165, 1.54) is 5.56 Å². The number of rotatable bonds is 3. The molecule has 0 aliphatic carbocycles. The summed E-state index contributed by atoms with van der Waals surface area (Å²) in [6.07, 6.45) is 3.62. The van der Waals surface area contributed by atoms with E-state index in [1.54, 1.807) is 11.8 Å². The lowest BCUT2D eigenvalue weighted by Gasteiger charge is -2.29. The summed E-state index contributed by atoms with van der Waals surface area (Å²) >= 11 is 1.78. The molecule has 0 saturated carbocycles. The molecule has 0 atom stereocenters. The SMILES string of the molecule is CSCCN1C(=O)CCc2ccccc21. The zero-order valence-corrected chi connectivity index (χ0v) is 9.72. The average Bonchev–Trinajstić information content (AvgIpc) is 2.28. The number of amides is 1. The van der Waals surface area contributed by atoms with E-state index in [9.17, 15) is 4.79 Å². The number of aryl methyl sites for hydroxylation is 1. The van der Waals surface area contributed by atoms with Crippen molar-refractivity contribution in [3.8, 4) is 0 Å². The molecule has 1 aromatic carbocycles. The number of hydrogen-bond acceptors (Lipinski definition) is 2. The number of para-hydroxylation sites is 1. The van der Waals surface area contributed by atoms with E-state index in [-0.39, 0.29) is 5.91 Å². The zero-order valence-electron chi connectivity index (χ0n) is 8.90. The number of benzene rings is 1. The Morgan fingerprint density at radius 3 is 2.93 bits per heavy atom. The molecule has 1 amide bonds. The maximum atomic E-state index is 11.8. The maximum Gasteiger partial charge on any atom is 0.227 e. The summed E-state index contributed by atoms with van der Waals surface area (Å²) < 4.78 is 0. The van der Waals surface area contributed by atoms with Gasteiger partial charge >= 0.3 is 0 Å². The zero-order chi connectivity index (χ0) is 10.7. The second kappa shape index (κ2) is 4.71. The topological polar surface area (TPSA) is 20.3 Å². The van der Waals surface area contributed by atoms with E-state index < -0.39 is 0 Å². The molecule has 2 nitrogen and oxygen atoms in total. The lowest BCUT2D eigenvalue weighted by atomic mass is 10.0. The predicted octanol–water partition coefficient (Wildman–Crippen LogP) is 2.33. The Kier molecular flexibility index (Phi) is 3.31. The Bertz CT molecular complexity index is 364. The quantitative estimate of drug-likeness (QED) is 0.780. The maximum absolute atomic E-state index is 11.8. The summed E-state index contributed by atoms with van der Waals surface area (Å²) in [5.41, 5.74) is 2.42. The fourth-order valence-electron chi connectivity index (χ4n) is 1.92. The molecule has 0 fully saturated rings. The molecule has 15 heavy (non-hydrogen) atoms. The van der Waals surface area contributed by atoms with Crippen LogP contribution in [0.5, 0.6) is 0 Å². The number of nitrogens with zero attached hydrogens (tertiary/aromatic N) is 1. The van der Waals surface area contributed by atoms with Gasteiger partial charge in [0.2, 0.25) is 5.91 Å². The summed E-state index contributed by atoms with van der Waals surface area (Å²) in [5.74, 6) is 1.27. The number of carbonyl (C=O) groups is 1. The van der Waals surface area contributed by atoms with E-state index in [4.69, 9.17) is 0 Å². The second-order valence-electron chi connectivity index (χ2n) is 3.67. The van der Waals surface area contributed by atoms with E-state index in [0.717, 1.165) is 24.4 Å². The van der Waals surface area contributed by atoms with Crippen LogP contribution in [-0.4, -0.2) is 24.5 Å². The monoisotopic (exact) mass is 221 g/mol. The van der Waals surface area contributed by atoms with Crippen molar-refractivity contribution in [2.45, 2.75) is 12.8 Å². The molecule has 0 bridgehead atoms. The van der Waals surface area contributed by atoms with Crippen molar-refractivity contribution >= 4 is 23.4 Å². The molecule has 0 unspecified atom stereocenters. The molecule has 1 heterocycles. The van der Waals surface area contributed by atoms with Crippen LogP contribution in [-0.2, 0) is 11.2 Å². The van der Waals surface area contributed by atoms with Crippen LogP contribution in [0.15, 0.2) is 24.3 Å². The van der Waals surface area contributed by atoms with Gasteiger partial charge in [-0.2, -0.15) is 11.8 Å². The van der Waals surface area contributed by atoms with Crippen LogP contribution in [0.3, 0.4) is 0 Å². The minimum atomic E-state index is 0.266. The van der Waals surface area contributed by atoms with Crippen molar-refractivity contribution in [2.24, 2.45) is 0 Å². The Morgan fingerprint density at radius 1 is 1.33 bits per heavy atom. The number of anilines is 1. The van der Waals surface area contributed by atoms with Crippen molar-refractivity contribution < 1.29 is 4.79 Å². The van der Waals surface area contributed by atoms with Gasteiger partial charge in [-0.25, -0.2) is 0 Å². The Hall–Kier alpha value is -0.960. The molecule has 0 radical (unpaired) electrons. The first-order valence-electron chi connectivity index (χ1n) is 5.20. The van der Waals surface area contributed by atoms with Crippen LogP contribution in [0.25, 0.3) is 0 Å². The van der Waals surface area contributed by atoms with E-state index in [1.807, 2.05) is 23.1 Å². The van der Waals surface area contributed by atoms with Crippen LogP contribution in [0.4, 0.5) is 5.69 Å². The molecule has 1 aliphatic heterocycles. The molecule has 1 aliphatic rings. The van der Waals surface area contributed by atoms with E-state index in [0.29, 0.717) is 6.42 Å². The van der Waals surface area contributed by atoms with Crippen molar-refractivity contribution in [1.82, 2.24) is 0 Å². The van der Waals surface area contributed by atoms with Gasteiger partial charge in [-0.15, -0.1) is 0 Å². The number of carbonyl (C=O) groups excluding carboxylic acids is 1. The molecule has 2 rings (SSSR count). The highest BCUT2D eigenvalue weighted by atomic mass is 32.2. The van der Waals surface area contributed by atoms with E-state index >= 15 is 0 Å². The second-order valence-corrected chi connectivity index (χ2v) is 4.65.